The highest BCUT2D eigenvalue weighted by molar-refractivity contribution is 5.85. The predicted molar refractivity (Wildman–Crippen MR) is 95.4 cm³/mol. The molecule has 1 N–H and O–H groups in total. The summed E-state index contributed by atoms with van der Waals surface area (Å²) < 4.78 is 10.6. The van der Waals surface area contributed by atoms with Gasteiger partial charge in [-0.25, -0.2) is 4.79 Å². The minimum Gasteiger partial charge on any atom is -0.482 e. The number of fused-ring (bicyclic) bond motifs is 1. The van der Waals surface area contributed by atoms with Crippen molar-refractivity contribution in [1.82, 2.24) is 5.32 Å². The van der Waals surface area contributed by atoms with Crippen molar-refractivity contribution >= 4 is 22.6 Å². The molecule has 0 heterocycles. The fourth-order valence-electron chi connectivity index (χ4n) is 3.07. The fourth-order valence-corrected chi connectivity index (χ4v) is 3.07. The van der Waals surface area contributed by atoms with Crippen molar-refractivity contribution in [1.29, 1.82) is 0 Å². The summed E-state index contributed by atoms with van der Waals surface area (Å²) in [6.45, 7) is 1.36. The van der Waals surface area contributed by atoms with E-state index in [1.807, 2.05) is 42.5 Å². The first-order valence-electron chi connectivity index (χ1n) is 8.73. The third-order valence-electron chi connectivity index (χ3n) is 4.46. The Labute approximate surface area is 147 Å². The molecule has 25 heavy (non-hydrogen) atoms. The quantitative estimate of drug-likeness (QED) is 0.820. The molecule has 0 bridgehead atoms. The van der Waals surface area contributed by atoms with Gasteiger partial charge in [0.25, 0.3) is 5.91 Å². The number of benzene rings is 2. The lowest BCUT2D eigenvalue weighted by atomic mass is 10.1. The SMILES string of the molecule is C[C@H](OC(=O)COc1ccc2ccccc2c1)C(=O)NC1CCCC1. The molecule has 0 unspecified atom stereocenters. The standard InChI is InChI=1S/C20H23NO4/c1-14(20(23)21-17-8-4-5-9-17)25-19(22)13-24-18-11-10-15-6-2-3-7-16(15)12-18/h2-3,6-7,10-12,14,17H,4-5,8-9,13H2,1H3,(H,21,23)/t14-/m0/s1. The van der Waals surface area contributed by atoms with Gasteiger partial charge in [-0.2, -0.15) is 0 Å². The largest absolute Gasteiger partial charge is 0.482 e. The summed E-state index contributed by atoms with van der Waals surface area (Å²) >= 11 is 0. The van der Waals surface area contributed by atoms with Crippen molar-refractivity contribution in [3.8, 4) is 5.75 Å². The van der Waals surface area contributed by atoms with Crippen LogP contribution in [0.5, 0.6) is 5.75 Å². The molecule has 0 aromatic heterocycles. The summed E-state index contributed by atoms with van der Waals surface area (Å²) in [4.78, 5) is 23.9. The Kier molecular flexibility index (Phi) is 5.53. The van der Waals surface area contributed by atoms with E-state index in [9.17, 15) is 9.59 Å². The van der Waals surface area contributed by atoms with Crippen LogP contribution in [0.25, 0.3) is 10.8 Å². The van der Waals surface area contributed by atoms with Crippen LogP contribution in [0, 0.1) is 0 Å². The van der Waals surface area contributed by atoms with Crippen molar-refractivity contribution in [3.05, 3.63) is 42.5 Å². The molecule has 2 aromatic rings. The fraction of sp³-hybridized carbons (Fsp3) is 0.400. The first-order valence-corrected chi connectivity index (χ1v) is 8.73. The van der Waals surface area contributed by atoms with Gasteiger partial charge in [0.05, 0.1) is 0 Å². The zero-order valence-electron chi connectivity index (χ0n) is 14.4. The van der Waals surface area contributed by atoms with E-state index < -0.39 is 12.1 Å². The maximum Gasteiger partial charge on any atom is 0.344 e. The lowest BCUT2D eigenvalue weighted by molar-refractivity contribution is -0.156. The Morgan fingerprint density at radius 3 is 2.60 bits per heavy atom. The minimum absolute atomic E-state index is 0.211. The molecule has 3 rings (SSSR count). The van der Waals surface area contributed by atoms with Crippen LogP contribution in [0.1, 0.15) is 32.6 Å². The third-order valence-corrected chi connectivity index (χ3v) is 4.46. The van der Waals surface area contributed by atoms with E-state index in [0.29, 0.717) is 5.75 Å². The Bertz CT molecular complexity index is 752. The average Bonchev–Trinajstić information content (AvgIpc) is 3.12. The van der Waals surface area contributed by atoms with Crippen LogP contribution in [0.2, 0.25) is 0 Å². The van der Waals surface area contributed by atoms with Crippen molar-refractivity contribution in [2.45, 2.75) is 44.8 Å². The normalized spacial score (nSPS) is 15.7. The van der Waals surface area contributed by atoms with Crippen LogP contribution in [-0.4, -0.2) is 30.6 Å². The molecule has 132 valence electrons. The highest BCUT2D eigenvalue weighted by Crippen LogP contribution is 2.20. The van der Waals surface area contributed by atoms with Crippen LogP contribution >= 0.6 is 0 Å². The second kappa shape index (κ2) is 8.01. The van der Waals surface area contributed by atoms with E-state index in [1.54, 1.807) is 6.92 Å². The highest BCUT2D eigenvalue weighted by atomic mass is 16.6. The molecule has 5 heteroatoms. The summed E-state index contributed by atoms with van der Waals surface area (Å²) in [5, 5.41) is 5.07. The van der Waals surface area contributed by atoms with E-state index in [4.69, 9.17) is 9.47 Å². The molecule has 0 spiro atoms. The Morgan fingerprint density at radius 2 is 1.84 bits per heavy atom. The van der Waals surface area contributed by atoms with E-state index >= 15 is 0 Å². The maximum atomic E-state index is 12.0. The van der Waals surface area contributed by atoms with Gasteiger partial charge < -0.3 is 14.8 Å². The molecule has 5 nitrogen and oxygen atoms in total. The second-order valence-corrected chi connectivity index (χ2v) is 6.42. The third kappa shape index (κ3) is 4.72. The van der Waals surface area contributed by atoms with E-state index in [2.05, 4.69) is 5.32 Å². The van der Waals surface area contributed by atoms with Gasteiger partial charge in [0.2, 0.25) is 0 Å². The first kappa shape index (κ1) is 17.3. The lowest BCUT2D eigenvalue weighted by Gasteiger charge is -2.17. The summed E-state index contributed by atoms with van der Waals surface area (Å²) in [7, 11) is 0. The maximum absolute atomic E-state index is 12.0. The summed E-state index contributed by atoms with van der Waals surface area (Å²) in [6, 6.07) is 13.7. The summed E-state index contributed by atoms with van der Waals surface area (Å²) in [5.41, 5.74) is 0. The summed E-state index contributed by atoms with van der Waals surface area (Å²) in [6.07, 6.45) is 3.46. The Hall–Kier alpha value is -2.56. The molecule has 0 aliphatic heterocycles. The predicted octanol–water partition coefficient (Wildman–Crippen LogP) is 3.21. The molecule has 1 saturated carbocycles. The summed E-state index contributed by atoms with van der Waals surface area (Å²) in [5.74, 6) is -0.202. The van der Waals surface area contributed by atoms with Gasteiger partial charge >= 0.3 is 5.97 Å². The van der Waals surface area contributed by atoms with Crippen molar-refractivity contribution in [2.75, 3.05) is 6.61 Å². The zero-order chi connectivity index (χ0) is 17.6. The van der Waals surface area contributed by atoms with E-state index in [-0.39, 0.29) is 18.6 Å². The Balaban J connectivity index is 1.47. The molecular formula is C20H23NO4. The van der Waals surface area contributed by atoms with Crippen LogP contribution in [0.3, 0.4) is 0 Å². The molecule has 1 aliphatic rings. The number of carbonyl (C=O) groups is 2. The van der Waals surface area contributed by atoms with Gasteiger partial charge in [0.15, 0.2) is 12.7 Å². The number of esters is 1. The number of rotatable bonds is 6. The first-order chi connectivity index (χ1) is 12.1. The Morgan fingerprint density at radius 1 is 1.12 bits per heavy atom. The number of hydrogen-bond acceptors (Lipinski definition) is 4. The van der Waals surface area contributed by atoms with Gasteiger partial charge in [0.1, 0.15) is 5.75 Å². The molecule has 1 aliphatic carbocycles. The molecule has 1 atom stereocenters. The smallest absolute Gasteiger partial charge is 0.344 e. The molecule has 1 fully saturated rings. The molecular weight excluding hydrogens is 318 g/mol. The van der Waals surface area contributed by atoms with Gasteiger partial charge in [-0.15, -0.1) is 0 Å². The molecule has 1 amide bonds. The topological polar surface area (TPSA) is 64.6 Å². The van der Waals surface area contributed by atoms with Gasteiger partial charge in [0, 0.05) is 6.04 Å². The number of carbonyl (C=O) groups excluding carboxylic acids is 2. The average molecular weight is 341 g/mol. The van der Waals surface area contributed by atoms with Crippen molar-refractivity contribution in [3.63, 3.8) is 0 Å². The van der Waals surface area contributed by atoms with Crippen molar-refractivity contribution in [2.24, 2.45) is 0 Å². The minimum atomic E-state index is -0.812. The number of ether oxygens (including phenoxy) is 2. The monoisotopic (exact) mass is 341 g/mol. The van der Waals surface area contributed by atoms with Crippen LogP contribution in [0.15, 0.2) is 42.5 Å². The van der Waals surface area contributed by atoms with Crippen LogP contribution in [0.4, 0.5) is 0 Å². The van der Waals surface area contributed by atoms with Crippen LogP contribution < -0.4 is 10.1 Å². The second-order valence-electron chi connectivity index (χ2n) is 6.42. The van der Waals surface area contributed by atoms with Gasteiger partial charge in [-0.05, 0) is 42.7 Å². The highest BCUT2D eigenvalue weighted by Gasteiger charge is 2.23. The van der Waals surface area contributed by atoms with E-state index in [1.165, 1.54) is 0 Å². The zero-order valence-corrected chi connectivity index (χ0v) is 14.4. The van der Waals surface area contributed by atoms with Crippen molar-refractivity contribution < 1.29 is 19.1 Å². The number of nitrogens with one attached hydrogen (secondary N) is 1. The van der Waals surface area contributed by atoms with Gasteiger partial charge in [-0.1, -0.05) is 43.2 Å². The molecule has 2 aromatic carbocycles. The number of amides is 1. The molecule has 0 radical (unpaired) electrons. The van der Waals surface area contributed by atoms with E-state index in [0.717, 1.165) is 36.5 Å². The number of hydrogen-bond donors (Lipinski definition) is 1. The lowest BCUT2D eigenvalue weighted by Crippen LogP contribution is -2.41. The van der Waals surface area contributed by atoms with Crippen LogP contribution in [-0.2, 0) is 14.3 Å². The van der Waals surface area contributed by atoms with Gasteiger partial charge in [-0.3, -0.25) is 4.79 Å². The molecule has 0 saturated heterocycles.